The summed E-state index contributed by atoms with van der Waals surface area (Å²) in [6.07, 6.45) is 0. The minimum atomic E-state index is -0.529. The Kier molecular flexibility index (Phi) is 5.87. The third kappa shape index (κ3) is 5.53. The maximum atomic E-state index is 11.3. The fourth-order valence-electron chi connectivity index (χ4n) is 0.863. The third-order valence-electron chi connectivity index (χ3n) is 1.75. The molecule has 2 atom stereocenters. The second-order valence-electron chi connectivity index (χ2n) is 3.46. The Hall–Kier alpha value is -1.10. The van der Waals surface area contributed by atoms with Gasteiger partial charge in [0.15, 0.2) is 0 Å². The third-order valence-corrected chi connectivity index (χ3v) is 1.75. The van der Waals surface area contributed by atoms with Crippen molar-refractivity contribution < 1.29 is 14.7 Å². The fourth-order valence-corrected chi connectivity index (χ4v) is 0.863. The molecule has 14 heavy (non-hydrogen) atoms. The Morgan fingerprint density at radius 1 is 1.36 bits per heavy atom. The highest BCUT2D eigenvalue weighted by molar-refractivity contribution is 5.86. The molecular weight excluding hydrogens is 184 g/mol. The summed E-state index contributed by atoms with van der Waals surface area (Å²) in [6, 6.07) is -0.529. The Morgan fingerprint density at radius 2 is 1.93 bits per heavy atom. The summed E-state index contributed by atoms with van der Waals surface area (Å²) in [7, 11) is 0. The SMILES string of the molecule is CC(=O)NC(C)C(=O)NCC(C)CO. The summed E-state index contributed by atoms with van der Waals surface area (Å²) in [6.45, 7) is 5.25. The van der Waals surface area contributed by atoms with Gasteiger partial charge in [-0.15, -0.1) is 0 Å². The van der Waals surface area contributed by atoms with E-state index in [9.17, 15) is 9.59 Å². The van der Waals surface area contributed by atoms with E-state index in [0.717, 1.165) is 0 Å². The molecular formula is C9H18N2O3. The van der Waals surface area contributed by atoms with Crippen molar-refractivity contribution in [3.8, 4) is 0 Å². The van der Waals surface area contributed by atoms with Gasteiger partial charge in [-0.1, -0.05) is 6.92 Å². The topological polar surface area (TPSA) is 78.4 Å². The minimum absolute atomic E-state index is 0.0310. The average Bonchev–Trinajstić information content (AvgIpc) is 2.12. The Bertz CT molecular complexity index is 206. The van der Waals surface area contributed by atoms with Gasteiger partial charge in [0.25, 0.3) is 0 Å². The predicted molar refractivity (Wildman–Crippen MR) is 52.5 cm³/mol. The molecule has 0 aliphatic heterocycles. The minimum Gasteiger partial charge on any atom is -0.396 e. The largest absolute Gasteiger partial charge is 0.396 e. The van der Waals surface area contributed by atoms with Gasteiger partial charge in [0.2, 0.25) is 11.8 Å². The van der Waals surface area contributed by atoms with Gasteiger partial charge in [-0.05, 0) is 12.8 Å². The molecule has 5 heteroatoms. The summed E-state index contributed by atoms with van der Waals surface area (Å²) >= 11 is 0. The van der Waals surface area contributed by atoms with Crippen LogP contribution in [0.1, 0.15) is 20.8 Å². The molecule has 0 spiro atoms. The molecule has 0 fully saturated rings. The van der Waals surface area contributed by atoms with Crippen molar-refractivity contribution in [3.63, 3.8) is 0 Å². The molecule has 0 aromatic rings. The lowest BCUT2D eigenvalue weighted by Gasteiger charge is -2.14. The number of carbonyl (C=O) groups is 2. The zero-order chi connectivity index (χ0) is 11.1. The van der Waals surface area contributed by atoms with E-state index in [1.165, 1.54) is 6.92 Å². The number of rotatable bonds is 5. The van der Waals surface area contributed by atoms with E-state index in [-0.39, 0.29) is 24.3 Å². The average molecular weight is 202 g/mol. The van der Waals surface area contributed by atoms with E-state index < -0.39 is 6.04 Å². The number of hydrogen-bond acceptors (Lipinski definition) is 3. The van der Waals surface area contributed by atoms with E-state index in [1.807, 2.05) is 6.92 Å². The van der Waals surface area contributed by atoms with Gasteiger partial charge in [0, 0.05) is 20.1 Å². The van der Waals surface area contributed by atoms with Gasteiger partial charge in [-0.25, -0.2) is 0 Å². The summed E-state index contributed by atoms with van der Waals surface area (Å²) in [5.74, 6) is -0.438. The van der Waals surface area contributed by atoms with Crippen molar-refractivity contribution in [2.24, 2.45) is 5.92 Å². The maximum Gasteiger partial charge on any atom is 0.242 e. The number of aliphatic hydroxyl groups is 1. The maximum absolute atomic E-state index is 11.3. The van der Waals surface area contributed by atoms with Gasteiger partial charge < -0.3 is 15.7 Å². The highest BCUT2D eigenvalue weighted by Gasteiger charge is 2.13. The van der Waals surface area contributed by atoms with Crippen molar-refractivity contribution >= 4 is 11.8 Å². The van der Waals surface area contributed by atoms with Gasteiger partial charge in [-0.2, -0.15) is 0 Å². The molecule has 2 unspecified atom stereocenters. The molecule has 0 rings (SSSR count). The first-order valence-electron chi connectivity index (χ1n) is 4.63. The molecule has 0 aromatic heterocycles. The molecule has 0 saturated heterocycles. The van der Waals surface area contributed by atoms with Crippen LogP contribution in [-0.4, -0.2) is 36.1 Å². The van der Waals surface area contributed by atoms with E-state index in [4.69, 9.17) is 5.11 Å². The molecule has 0 saturated carbocycles. The lowest BCUT2D eigenvalue weighted by Crippen LogP contribution is -2.45. The van der Waals surface area contributed by atoms with Crippen molar-refractivity contribution in [3.05, 3.63) is 0 Å². The van der Waals surface area contributed by atoms with Crippen molar-refractivity contribution in [1.82, 2.24) is 10.6 Å². The van der Waals surface area contributed by atoms with Crippen LogP contribution in [0, 0.1) is 5.92 Å². The zero-order valence-corrected chi connectivity index (χ0v) is 8.83. The molecule has 3 N–H and O–H groups in total. The van der Waals surface area contributed by atoms with Crippen LogP contribution in [-0.2, 0) is 9.59 Å². The van der Waals surface area contributed by atoms with Crippen molar-refractivity contribution in [1.29, 1.82) is 0 Å². The van der Waals surface area contributed by atoms with Gasteiger partial charge in [-0.3, -0.25) is 9.59 Å². The second kappa shape index (κ2) is 6.37. The molecule has 82 valence electrons. The number of aliphatic hydroxyl groups excluding tert-OH is 1. The van der Waals surface area contributed by atoms with Crippen LogP contribution in [0.5, 0.6) is 0 Å². The van der Waals surface area contributed by atoms with Crippen LogP contribution in [0.4, 0.5) is 0 Å². The summed E-state index contributed by atoms with van der Waals surface area (Å²) in [5.41, 5.74) is 0. The molecule has 0 radical (unpaired) electrons. The van der Waals surface area contributed by atoms with Crippen molar-refractivity contribution in [2.45, 2.75) is 26.8 Å². The quantitative estimate of drug-likeness (QED) is 0.549. The number of carbonyl (C=O) groups excluding carboxylic acids is 2. The Morgan fingerprint density at radius 3 is 2.36 bits per heavy atom. The Labute approximate surface area is 83.9 Å². The molecule has 0 aromatic carbocycles. The standard InChI is InChI=1S/C9H18N2O3/c1-6(5-12)4-10-9(14)7(2)11-8(3)13/h6-7,12H,4-5H2,1-3H3,(H,10,14)(H,11,13). The fraction of sp³-hybridized carbons (Fsp3) is 0.778. The summed E-state index contributed by atoms with van der Waals surface area (Å²) in [4.78, 5) is 21.9. The number of hydrogen-bond donors (Lipinski definition) is 3. The normalized spacial score (nSPS) is 14.3. The second-order valence-corrected chi connectivity index (χ2v) is 3.46. The number of amides is 2. The highest BCUT2D eigenvalue weighted by Crippen LogP contribution is 1.90. The van der Waals surface area contributed by atoms with E-state index in [1.54, 1.807) is 6.92 Å². The summed E-state index contributed by atoms with van der Waals surface area (Å²) < 4.78 is 0. The van der Waals surface area contributed by atoms with E-state index in [2.05, 4.69) is 10.6 Å². The van der Waals surface area contributed by atoms with Gasteiger partial charge in [0.05, 0.1) is 0 Å². The van der Waals surface area contributed by atoms with Crippen LogP contribution in [0.15, 0.2) is 0 Å². The van der Waals surface area contributed by atoms with Gasteiger partial charge in [0.1, 0.15) is 6.04 Å². The first kappa shape index (κ1) is 12.9. The molecule has 2 amide bonds. The lowest BCUT2D eigenvalue weighted by molar-refractivity contribution is -0.127. The van der Waals surface area contributed by atoms with E-state index >= 15 is 0 Å². The molecule has 5 nitrogen and oxygen atoms in total. The molecule has 0 aliphatic rings. The molecule has 0 heterocycles. The first-order chi connectivity index (χ1) is 6.47. The van der Waals surface area contributed by atoms with Crippen molar-refractivity contribution in [2.75, 3.05) is 13.2 Å². The molecule has 0 bridgehead atoms. The summed E-state index contributed by atoms with van der Waals surface area (Å²) in [5, 5.41) is 13.8. The lowest BCUT2D eigenvalue weighted by atomic mass is 10.2. The van der Waals surface area contributed by atoms with Crippen LogP contribution in [0.3, 0.4) is 0 Å². The van der Waals surface area contributed by atoms with Crippen LogP contribution >= 0.6 is 0 Å². The molecule has 0 aliphatic carbocycles. The van der Waals surface area contributed by atoms with Crippen LogP contribution in [0.25, 0.3) is 0 Å². The first-order valence-corrected chi connectivity index (χ1v) is 4.63. The van der Waals surface area contributed by atoms with E-state index in [0.29, 0.717) is 6.54 Å². The monoisotopic (exact) mass is 202 g/mol. The zero-order valence-electron chi connectivity index (χ0n) is 8.83. The predicted octanol–water partition coefficient (Wildman–Crippen LogP) is -0.744. The van der Waals surface area contributed by atoms with Crippen LogP contribution in [0.2, 0.25) is 0 Å². The Balaban J connectivity index is 3.78. The van der Waals surface area contributed by atoms with Crippen LogP contribution < -0.4 is 10.6 Å². The smallest absolute Gasteiger partial charge is 0.242 e. The van der Waals surface area contributed by atoms with Gasteiger partial charge >= 0.3 is 0 Å². The number of nitrogens with one attached hydrogen (secondary N) is 2. The highest BCUT2D eigenvalue weighted by atomic mass is 16.3.